The minimum atomic E-state index is -0.208. The molecule has 0 spiro atoms. The molecule has 1 amide bonds. The van der Waals surface area contributed by atoms with E-state index in [0.29, 0.717) is 22.2 Å². The number of methoxy groups -OCH3 is 2. The number of halogens is 1. The molecule has 0 atom stereocenters. The SMILES string of the molecule is COc1cc(Cl)c(NC(C)=O)c(OC)c1. The fourth-order valence-electron chi connectivity index (χ4n) is 1.13. The molecular formula is C10H12ClNO3. The molecule has 1 N–H and O–H groups in total. The van der Waals surface area contributed by atoms with E-state index in [4.69, 9.17) is 21.1 Å². The van der Waals surface area contributed by atoms with Crippen LogP contribution in [0.25, 0.3) is 0 Å². The molecule has 15 heavy (non-hydrogen) atoms. The Morgan fingerprint density at radius 1 is 1.33 bits per heavy atom. The summed E-state index contributed by atoms with van der Waals surface area (Å²) in [4.78, 5) is 10.9. The molecule has 5 heteroatoms. The van der Waals surface area contributed by atoms with Gasteiger partial charge >= 0.3 is 0 Å². The number of hydrogen-bond acceptors (Lipinski definition) is 3. The van der Waals surface area contributed by atoms with Crippen LogP contribution in [0.5, 0.6) is 11.5 Å². The molecule has 0 aromatic heterocycles. The van der Waals surface area contributed by atoms with Crippen molar-refractivity contribution >= 4 is 23.2 Å². The van der Waals surface area contributed by atoms with E-state index >= 15 is 0 Å². The van der Waals surface area contributed by atoms with E-state index in [-0.39, 0.29) is 5.91 Å². The van der Waals surface area contributed by atoms with E-state index in [1.165, 1.54) is 21.1 Å². The van der Waals surface area contributed by atoms with Crippen LogP contribution in [0.2, 0.25) is 5.02 Å². The van der Waals surface area contributed by atoms with Crippen LogP contribution in [-0.2, 0) is 4.79 Å². The van der Waals surface area contributed by atoms with Crippen molar-refractivity contribution < 1.29 is 14.3 Å². The number of carbonyl (C=O) groups is 1. The number of nitrogens with one attached hydrogen (secondary N) is 1. The summed E-state index contributed by atoms with van der Waals surface area (Å²) in [6.07, 6.45) is 0. The lowest BCUT2D eigenvalue weighted by molar-refractivity contribution is -0.114. The van der Waals surface area contributed by atoms with Crippen LogP contribution < -0.4 is 14.8 Å². The number of rotatable bonds is 3. The summed E-state index contributed by atoms with van der Waals surface area (Å²) in [7, 11) is 3.03. The van der Waals surface area contributed by atoms with Gasteiger partial charge in [0.1, 0.15) is 17.2 Å². The number of anilines is 1. The Labute approximate surface area is 93.1 Å². The van der Waals surface area contributed by atoms with Gasteiger partial charge in [0, 0.05) is 19.1 Å². The van der Waals surface area contributed by atoms with Crippen LogP contribution >= 0.6 is 11.6 Å². The van der Waals surface area contributed by atoms with Crippen LogP contribution in [0.3, 0.4) is 0 Å². The lowest BCUT2D eigenvalue weighted by Gasteiger charge is -2.12. The molecule has 4 nitrogen and oxygen atoms in total. The van der Waals surface area contributed by atoms with Crippen LogP contribution in [0.1, 0.15) is 6.92 Å². The van der Waals surface area contributed by atoms with Gasteiger partial charge in [-0.1, -0.05) is 11.6 Å². The normalized spacial score (nSPS) is 9.60. The number of ether oxygens (including phenoxy) is 2. The van der Waals surface area contributed by atoms with Crippen molar-refractivity contribution in [2.24, 2.45) is 0 Å². The van der Waals surface area contributed by atoms with Crippen molar-refractivity contribution in [1.29, 1.82) is 0 Å². The molecule has 82 valence electrons. The van der Waals surface area contributed by atoms with Gasteiger partial charge in [0.2, 0.25) is 5.91 Å². The number of hydrogen-bond donors (Lipinski definition) is 1. The van der Waals surface area contributed by atoms with Crippen LogP contribution in [0.15, 0.2) is 12.1 Å². The number of carbonyl (C=O) groups excluding carboxylic acids is 1. The molecule has 0 saturated carbocycles. The molecule has 0 aliphatic heterocycles. The maximum atomic E-state index is 10.9. The second kappa shape index (κ2) is 4.89. The van der Waals surface area contributed by atoms with Crippen molar-refractivity contribution in [2.75, 3.05) is 19.5 Å². The summed E-state index contributed by atoms with van der Waals surface area (Å²) in [5, 5.41) is 2.97. The first-order chi connectivity index (χ1) is 7.08. The third-order valence-electron chi connectivity index (χ3n) is 1.78. The molecule has 0 bridgehead atoms. The summed E-state index contributed by atoms with van der Waals surface area (Å²) < 4.78 is 10.1. The van der Waals surface area contributed by atoms with E-state index in [1.54, 1.807) is 12.1 Å². The lowest BCUT2D eigenvalue weighted by Crippen LogP contribution is -2.07. The Balaban J connectivity index is 3.18. The van der Waals surface area contributed by atoms with Crippen molar-refractivity contribution in [3.8, 4) is 11.5 Å². The Morgan fingerprint density at radius 2 is 2.00 bits per heavy atom. The van der Waals surface area contributed by atoms with Crippen LogP contribution in [0, 0.1) is 0 Å². The molecule has 1 aromatic rings. The highest BCUT2D eigenvalue weighted by atomic mass is 35.5. The predicted octanol–water partition coefficient (Wildman–Crippen LogP) is 2.32. The van der Waals surface area contributed by atoms with Gasteiger partial charge in [-0.3, -0.25) is 4.79 Å². The van der Waals surface area contributed by atoms with Crippen molar-refractivity contribution in [1.82, 2.24) is 0 Å². The van der Waals surface area contributed by atoms with E-state index in [2.05, 4.69) is 5.32 Å². The smallest absolute Gasteiger partial charge is 0.221 e. The van der Waals surface area contributed by atoms with Crippen LogP contribution in [-0.4, -0.2) is 20.1 Å². The van der Waals surface area contributed by atoms with Crippen molar-refractivity contribution in [3.05, 3.63) is 17.2 Å². The van der Waals surface area contributed by atoms with Crippen LogP contribution in [0.4, 0.5) is 5.69 Å². The molecule has 0 aliphatic carbocycles. The zero-order chi connectivity index (χ0) is 11.4. The molecule has 0 saturated heterocycles. The van der Waals surface area contributed by atoms with Gasteiger partial charge in [-0.15, -0.1) is 0 Å². The average molecular weight is 230 g/mol. The van der Waals surface area contributed by atoms with E-state index in [0.717, 1.165) is 0 Å². The highest BCUT2D eigenvalue weighted by molar-refractivity contribution is 6.34. The summed E-state index contributed by atoms with van der Waals surface area (Å²) in [6, 6.07) is 3.26. The van der Waals surface area contributed by atoms with E-state index in [1.807, 2.05) is 0 Å². The summed E-state index contributed by atoms with van der Waals surface area (Å²) in [5.41, 5.74) is 0.451. The molecular weight excluding hydrogens is 218 g/mol. The fraction of sp³-hybridized carbons (Fsp3) is 0.300. The highest BCUT2D eigenvalue weighted by Crippen LogP contribution is 2.36. The zero-order valence-electron chi connectivity index (χ0n) is 8.76. The molecule has 0 heterocycles. The first-order valence-corrected chi connectivity index (χ1v) is 4.65. The molecule has 0 unspecified atom stereocenters. The average Bonchev–Trinajstić information content (AvgIpc) is 2.20. The minimum Gasteiger partial charge on any atom is -0.497 e. The highest BCUT2D eigenvalue weighted by Gasteiger charge is 2.11. The Bertz CT molecular complexity index is 379. The zero-order valence-corrected chi connectivity index (χ0v) is 9.51. The van der Waals surface area contributed by atoms with E-state index in [9.17, 15) is 4.79 Å². The monoisotopic (exact) mass is 229 g/mol. The van der Waals surface area contributed by atoms with E-state index < -0.39 is 0 Å². The lowest BCUT2D eigenvalue weighted by atomic mass is 10.2. The summed E-state index contributed by atoms with van der Waals surface area (Å²) >= 11 is 5.96. The number of amides is 1. The second-order valence-corrected chi connectivity index (χ2v) is 3.27. The van der Waals surface area contributed by atoms with Gasteiger partial charge in [0.15, 0.2) is 0 Å². The Morgan fingerprint density at radius 3 is 2.47 bits per heavy atom. The largest absolute Gasteiger partial charge is 0.497 e. The molecule has 1 rings (SSSR count). The molecule has 0 radical (unpaired) electrons. The van der Waals surface area contributed by atoms with Gasteiger partial charge in [0.05, 0.1) is 19.2 Å². The van der Waals surface area contributed by atoms with Crippen molar-refractivity contribution in [2.45, 2.75) is 6.92 Å². The maximum absolute atomic E-state index is 10.9. The van der Waals surface area contributed by atoms with Gasteiger partial charge in [-0.2, -0.15) is 0 Å². The first-order valence-electron chi connectivity index (χ1n) is 4.27. The van der Waals surface area contributed by atoms with Gasteiger partial charge < -0.3 is 14.8 Å². The summed E-state index contributed by atoms with van der Waals surface area (Å²) in [6.45, 7) is 1.40. The Hall–Kier alpha value is -1.42. The first kappa shape index (κ1) is 11.7. The predicted molar refractivity (Wildman–Crippen MR) is 58.9 cm³/mol. The van der Waals surface area contributed by atoms with Crippen molar-refractivity contribution in [3.63, 3.8) is 0 Å². The number of benzene rings is 1. The topological polar surface area (TPSA) is 47.6 Å². The molecule has 0 fully saturated rings. The van der Waals surface area contributed by atoms with Gasteiger partial charge in [-0.25, -0.2) is 0 Å². The fourth-order valence-corrected chi connectivity index (χ4v) is 1.38. The summed E-state index contributed by atoms with van der Waals surface area (Å²) in [5.74, 6) is 0.834. The minimum absolute atomic E-state index is 0.208. The quantitative estimate of drug-likeness (QED) is 0.865. The molecule has 0 aliphatic rings. The molecule has 1 aromatic carbocycles. The Kier molecular flexibility index (Phi) is 3.80. The third kappa shape index (κ3) is 2.76. The second-order valence-electron chi connectivity index (χ2n) is 2.87. The van der Waals surface area contributed by atoms with Gasteiger partial charge in [-0.05, 0) is 0 Å². The van der Waals surface area contributed by atoms with Gasteiger partial charge in [0.25, 0.3) is 0 Å². The maximum Gasteiger partial charge on any atom is 0.221 e. The third-order valence-corrected chi connectivity index (χ3v) is 2.08. The standard InChI is InChI=1S/C10H12ClNO3/c1-6(13)12-10-8(11)4-7(14-2)5-9(10)15-3/h4-5H,1-3H3,(H,12,13).